The number of nitrogens with zero attached hydrogens (tertiary/aromatic N) is 1. The normalized spacial score (nSPS) is 25.2. The third-order valence-electron chi connectivity index (χ3n) is 2.36. The Bertz CT molecular complexity index is 243. The number of aliphatic hydroxyl groups is 1. The topological polar surface area (TPSA) is 75.8 Å². The number of carbonyl (C=O) groups excluding carboxylic acids is 1. The fourth-order valence-corrected chi connectivity index (χ4v) is 1.56. The third-order valence-corrected chi connectivity index (χ3v) is 2.36. The van der Waals surface area contributed by atoms with Gasteiger partial charge in [-0.05, 0) is 27.3 Å². The molecule has 1 fully saturated rings. The number of amides is 1. The second-order valence-corrected chi connectivity index (χ2v) is 4.95. The molecule has 0 spiro atoms. The van der Waals surface area contributed by atoms with E-state index in [0.29, 0.717) is 19.6 Å². The fourth-order valence-electron chi connectivity index (χ4n) is 1.56. The predicted octanol–water partition coefficient (Wildman–Crippen LogP) is 0.595. The zero-order valence-corrected chi connectivity index (χ0v) is 10.8. The van der Waals surface area contributed by atoms with Crippen molar-refractivity contribution in [3.05, 3.63) is 0 Å². The monoisotopic (exact) mass is 252 g/mol. The molecule has 0 aliphatic carbocycles. The lowest BCUT2D eigenvalue weighted by atomic mass is 10.1. The minimum atomic E-state index is -0.525. The average Bonchev–Trinajstić information content (AvgIpc) is 2.43. The van der Waals surface area contributed by atoms with Crippen LogP contribution in [0.3, 0.4) is 0 Å². The summed E-state index contributed by atoms with van der Waals surface area (Å²) in [5.41, 5.74) is 4.98. The minimum absolute atomic E-state index is 0. The highest BCUT2D eigenvalue weighted by Crippen LogP contribution is 2.18. The molecule has 16 heavy (non-hydrogen) atoms. The van der Waals surface area contributed by atoms with E-state index < -0.39 is 11.7 Å². The number of halogens is 1. The van der Waals surface area contributed by atoms with Crippen molar-refractivity contribution in [3.8, 4) is 0 Å². The first kappa shape index (κ1) is 15.5. The molecule has 0 aromatic carbocycles. The Morgan fingerprint density at radius 1 is 1.50 bits per heavy atom. The van der Waals surface area contributed by atoms with Crippen LogP contribution in [-0.4, -0.2) is 47.4 Å². The van der Waals surface area contributed by atoms with Gasteiger partial charge in [0.2, 0.25) is 0 Å². The molecule has 1 amide bonds. The number of β-amino-alcohol motifs (C(OH)–C–C–N with tert-alkyl or cyclic N) is 1. The van der Waals surface area contributed by atoms with Crippen molar-refractivity contribution in [2.45, 2.75) is 32.5 Å². The second-order valence-electron chi connectivity index (χ2n) is 4.95. The lowest BCUT2D eigenvalue weighted by Crippen LogP contribution is -2.36. The summed E-state index contributed by atoms with van der Waals surface area (Å²) in [5, 5.41) is 9.58. The van der Waals surface area contributed by atoms with E-state index in [1.807, 2.05) is 20.8 Å². The van der Waals surface area contributed by atoms with Crippen LogP contribution < -0.4 is 5.73 Å². The van der Waals surface area contributed by atoms with E-state index in [0.717, 1.165) is 0 Å². The van der Waals surface area contributed by atoms with Crippen molar-refractivity contribution in [2.24, 2.45) is 11.7 Å². The van der Waals surface area contributed by atoms with Gasteiger partial charge in [0.05, 0.1) is 12.6 Å². The van der Waals surface area contributed by atoms with E-state index in [1.165, 1.54) is 4.90 Å². The van der Waals surface area contributed by atoms with Crippen molar-refractivity contribution in [1.82, 2.24) is 4.90 Å². The van der Waals surface area contributed by atoms with Gasteiger partial charge in [-0.25, -0.2) is 4.79 Å². The second kappa shape index (κ2) is 5.70. The lowest BCUT2D eigenvalue weighted by Gasteiger charge is -2.24. The molecule has 0 aromatic heterocycles. The summed E-state index contributed by atoms with van der Waals surface area (Å²) < 4.78 is 5.20. The molecule has 1 heterocycles. The third kappa shape index (κ3) is 4.15. The standard InChI is InChI=1S/C10H20N2O3.ClH/c1-10(2,3)15-9(14)12-5-7(4-11)8(13)6-12;/h7-8,13H,4-6,11H2,1-3H3;1H. The Labute approximate surface area is 102 Å². The molecule has 5 nitrogen and oxygen atoms in total. The maximum Gasteiger partial charge on any atom is 0.410 e. The first-order valence-electron chi connectivity index (χ1n) is 5.19. The molecule has 0 radical (unpaired) electrons. The SMILES string of the molecule is CC(C)(C)OC(=O)N1CC(O)C(CN)C1.Cl. The number of rotatable bonds is 1. The molecule has 0 aromatic rings. The van der Waals surface area contributed by atoms with Crippen LogP contribution in [-0.2, 0) is 4.74 Å². The van der Waals surface area contributed by atoms with E-state index in [2.05, 4.69) is 0 Å². The van der Waals surface area contributed by atoms with E-state index in [4.69, 9.17) is 10.5 Å². The fraction of sp³-hybridized carbons (Fsp3) is 0.900. The van der Waals surface area contributed by atoms with Crippen molar-refractivity contribution in [1.29, 1.82) is 0 Å². The van der Waals surface area contributed by atoms with Gasteiger partial charge in [0.1, 0.15) is 5.60 Å². The number of hydrogen-bond acceptors (Lipinski definition) is 4. The van der Waals surface area contributed by atoms with Gasteiger partial charge in [0.25, 0.3) is 0 Å². The molecular weight excluding hydrogens is 232 g/mol. The van der Waals surface area contributed by atoms with Gasteiger partial charge in [-0.2, -0.15) is 0 Å². The van der Waals surface area contributed by atoms with Crippen molar-refractivity contribution in [2.75, 3.05) is 19.6 Å². The molecular formula is C10H21ClN2O3. The molecule has 2 atom stereocenters. The lowest BCUT2D eigenvalue weighted by molar-refractivity contribution is 0.0270. The van der Waals surface area contributed by atoms with Gasteiger partial charge in [0.15, 0.2) is 0 Å². The summed E-state index contributed by atoms with van der Waals surface area (Å²) in [7, 11) is 0. The number of ether oxygens (including phenoxy) is 1. The average molecular weight is 253 g/mol. The van der Waals surface area contributed by atoms with Gasteiger partial charge < -0.3 is 20.5 Å². The van der Waals surface area contributed by atoms with Crippen molar-refractivity contribution >= 4 is 18.5 Å². The molecule has 1 saturated heterocycles. The molecule has 1 aliphatic heterocycles. The van der Waals surface area contributed by atoms with Gasteiger partial charge in [-0.3, -0.25) is 0 Å². The van der Waals surface area contributed by atoms with E-state index >= 15 is 0 Å². The highest BCUT2D eigenvalue weighted by atomic mass is 35.5. The van der Waals surface area contributed by atoms with Crippen LogP contribution in [0, 0.1) is 5.92 Å². The first-order valence-corrected chi connectivity index (χ1v) is 5.19. The highest BCUT2D eigenvalue weighted by Gasteiger charge is 2.35. The number of hydrogen-bond donors (Lipinski definition) is 2. The summed E-state index contributed by atoms with van der Waals surface area (Å²) in [6.45, 7) is 6.64. The zero-order chi connectivity index (χ0) is 11.6. The Morgan fingerprint density at radius 2 is 2.06 bits per heavy atom. The Balaban J connectivity index is 0.00000225. The van der Waals surface area contributed by atoms with Crippen LogP contribution >= 0.6 is 12.4 Å². The summed E-state index contributed by atoms with van der Waals surface area (Å²) in [6.07, 6.45) is -0.903. The maximum absolute atomic E-state index is 11.6. The van der Waals surface area contributed by atoms with Crippen LogP contribution in [0.25, 0.3) is 0 Å². The van der Waals surface area contributed by atoms with Crippen LogP contribution in [0.4, 0.5) is 4.79 Å². The van der Waals surface area contributed by atoms with Gasteiger partial charge in [0, 0.05) is 12.5 Å². The molecule has 3 N–H and O–H groups in total. The molecule has 2 unspecified atom stereocenters. The van der Waals surface area contributed by atoms with Crippen LogP contribution in [0.15, 0.2) is 0 Å². The molecule has 0 bridgehead atoms. The first-order chi connectivity index (χ1) is 6.83. The highest BCUT2D eigenvalue weighted by molar-refractivity contribution is 5.85. The van der Waals surface area contributed by atoms with E-state index in [9.17, 15) is 9.90 Å². The van der Waals surface area contributed by atoms with E-state index in [1.54, 1.807) is 0 Å². The molecule has 6 heteroatoms. The Kier molecular flexibility index (Phi) is 5.52. The number of aliphatic hydroxyl groups excluding tert-OH is 1. The summed E-state index contributed by atoms with van der Waals surface area (Å²) in [4.78, 5) is 13.1. The van der Waals surface area contributed by atoms with Gasteiger partial charge in [-0.15, -0.1) is 12.4 Å². The van der Waals surface area contributed by atoms with E-state index in [-0.39, 0.29) is 24.4 Å². The van der Waals surface area contributed by atoms with Crippen LogP contribution in [0.1, 0.15) is 20.8 Å². The van der Waals surface area contributed by atoms with Crippen molar-refractivity contribution in [3.63, 3.8) is 0 Å². The summed E-state index contributed by atoms with van der Waals surface area (Å²) in [5.74, 6) is -0.0301. The summed E-state index contributed by atoms with van der Waals surface area (Å²) in [6, 6.07) is 0. The summed E-state index contributed by atoms with van der Waals surface area (Å²) >= 11 is 0. The molecule has 1 aliphatic rings. The van der Waals surface area contributed by atoms with Crippen molar-refractivity contribution < 1.29 is 14.6 Å². The minimum Gasteiger partial charge on any atom is -0.444 e. The number of carbonyl (C=O) groups is 1. The van der Waals surface area contributed by atoms with Gasteiger partial charge in [-0.1, -0.05) is 0 Å². The van der Waals surface area contributed by atoms with Crippen LogP contribution in [0.5, 0.6) is 0 Å². The molecule has 96 valence electrons. The predicted molar refractivity (Wildman–Crippen MR) is 63.6 cm³/mol. The largest absolute Gasteiger partial charge is 0.444 e. The quantitative estimate of drug-likeness (QED) is 0.716. The Hall–Kier alpha value is -0.520. The smallest absolute Gasteiger partial charge is 0.410 e. The Morgan fingerprint density at radius 3 is 2.44 bits per heavy atom. The van der Waals surface area contributed by atoms with Crippen LogP contribution in [0.2, 0.25) is 0 Å². The molecule has 0 saturated carbocycles. The van der Waals surface area contributed by atoms with Gasteiger partial charge >= 0.3 is 6.09 Å². The number of likely N-dealkylation sites (tertiary alicyclic amines) is 1. The number of nitrogens with two attached hydrogens (primary N) is 1. The molecule has 1 rings (SSSR count). The zero-order valence-electron chi connectivity index (χ0n) is 9.97. The maximum atomic E-state index is 11.6.